The molecule has 0 aromatic rings. The van der Waals surface area contributed by atoms with E-state index in [-0.39, 0.29) is 32.5 Å². The summed E-state index contributed by atoms with van der Waals surface area (Å²) in [5, 5.41) is 36.8. The third-order valence-corrected chi connectivity index (χ3v) is 2.39. The predicted octanol–water partition coefficient (Wildman–Crippen LogP) is -1.62. The first kappa shape index (κ1) is 21.6. The SMILES string of the molecule is CC(C)(CO)[C@@H](O)C(=O)NCCC(=O)O.NCCC(=O)O. The molecular weight excluding hydrogens is 284 g/mol. The molecule has 1 amide bonds. The fraction of sp³-hybridized carbons (Fsp3) is 0.750. The quantitative estimate of drug-likeness (QED) is 0.310. The van der Waals surface area contributed by atoms with Crippen molar-refractivity contribution in [3.8, 4) is 0 Å². The topological polar surface area (TPSA) is 170 Å². The van der Waals surface area contributed by atoms with E-state index < -0.39 is 29.4 Å². The van der Waals surface area contributed by atoms with Crippen molar-refractivity contribution in [2.24, 2.45) is 11.1 Å². The number of carboxylic acids is 2. The Hall–Kier alpha value is -1.71. The van der Waals surface area contributed by atoms with Crippen LogP contribution in [0.15, 0.2) is 0 Å². The predicted molar refractivity (Wildman–Crippen MR) is 73.4 cm³/mol. The molecule has 21 heavy (non-hydrogen) atoms. The van der Waals surface area contributed by atoms with Gasteiger partial charge in [-0.3, -0.25) is 14.4 Å². The van der Waals surface area contributed by atoms with Crippen LogP contribution in [0.1, 0.15) is 26.7 Å². The minimum Gasteiger partial charge on any atom is -0.481 e. The van der Waals surface area contributed by atoms with Crippen LogP contribution in [0.2, 0.25) is 0 Å². The lowest BCUT2D eigenvalue weighted by molar-refractivity contribution is -0.139. The van der Waals surface area contributed by atoms with Crippen molar-refractivity contribution in [1.29, 1.82) is 0 Å². The molecule has 0 aliphatic rings. The summed E-state index contributed by atoms with van der Waals surface area (Å²) < 4.78 is 0. The van der Waals surface area contributed by atoms with Gasteiger partial charge in [0.05, 0.1) is 19.4 Å². The molecule has 9 nitrogen and oxygen atoms in total. The molecule has 0 fully saturated rings. The zero-order valence-corrected chi connectivity index (χ0v) is 12.2. The average molecular weight is 308 g/mol. The van der Waals surface area contributed by atoms with Gasteiger partial charge in [-0.2, -0.15) is 0 Å². The van der Waals surface area contributed by atoms with Gasteiger partial charge in [0.1, 0.15) is 6.10 Å². The second kappa shape index (κ2) is 11.0. The van der Waals surface area contributed by atoms with Crippen LogP contribution in [-0.4, -0.2) is 64.1 Å². The summed E-state index contributed by atoms with van der Waals surface area (Å²) in [4.78, 5) is 30.9. The lowest BCUT2D eigenvalue weighted by Crippen LogP contribution is -2.45. The van der Waals surface area contributed by atoms with Crippen molar-refractivity contribution in [3.05, 3.63) is 0 Å². The Kier molecular flexibility index (Phi) is 11.3. The van der Waals surface area contributed by atoms with Crippen LogP contribution < -0.4 is 11.1 Å². The highest BCUT2D eigenvalue weighted by atomic mass is 16.4. The zero-order valence-electron chi connectivity index (χ0n) is 12.2. The summed E-state index contributed by atoms with van der Waals surface area (Å²) in [6.45, 7) is 2.94. The lowest BCUT2D eigenvalue weighted by Gasteiger charge is -2.26. The van der Waals surface area contributed by atoms with E-state index in [0.29, 0.717) is 0 Å². The van der Waals surface area contributed by atoms with Crippen LogP contribution in [0.4, 0.5) is 0 Å². The Balaban J connectivity index is 0. The second-order valence-corrected chi connectivity index (χ2v) is 4.92. The summed E-state index contributed by atoms with van der Waals surface area (Å²) in [7, 11) is 0. The summed E-state index contributed by atoms with van der Waals surface area (Å²) in [5.41, 5.74) is 3.91. The molecule has 0 aromatic heterocycles. The molecule has 0 radical (unpaired) electrons. The van der Waals surface area contributed by atoms with Crippen LogP contribution in [0.3, 0.4) is 0 Å². The van der Waals surface area contributed by atoms with Gasteiger partial charge in [-0.15, -0.1) is 0 Å². The molecule has 0 unspecified atom stereocenters. The van der Waals surface area contributed by atoms with Gasteiger partial charge in [0.15, 0.2) is 0 Å². The van der Waals surface area contributed by atoms with Gasteiger partial charge >= 0.3 is 11.9 Å². The molecule has 0 rings (SSSR count). The first-order valence-electron chi connectivity index (χ1n) is 6.28. The van der Waals surface area contributed by atoms with Crippen LogP contribution in [0.25, 0.3) is 0 Å². The minimum atomic E-state index is -1.35. The number of amides is 1. The molecule has 0 aliphatic heterocycles. The molecule has 0 bridgehead atoms. The van der Waals surface area contributed by atoms with Crippen molar-refractivity contribution < 1.29 is 34.8 Å². The first-order chi connectivity index (χ1) is 9.58. The molecule has 0 saturated carbocycles. The van der Waals surface area contributed by atoms with E-state index >= 15 is 0 Å². The van der Waals surface area contributed by atoms with Crippen molar-refractivity contribution in [3.63, 3.8) is 0 Å². The number of rotatable bonds is 8. The number of carbonyl (C=O) groups is 3. The highest BCUT2D eigenvalue weighted by molar-refractivity contribution is 5.81. The number of hydrogen-bond acceptors (Lipinski definition) is 6. The van der Waals surface area contributed by atoms with E-state index in [0.717, 1.165) is 0 Å². The average Bonchev–Trinajstić information content (AvgIpc) is 2.37. The second-order valence-electron chi connectivity index (χ2n) is 4.92. The number of aliphatic hydroxyl groups is 2. The third kappa shape index (κ3) is 11.8. The Morgan fingerprint density at radius 2 is 1.62 bits per heavy atom. The molecular formula is C12H24N2O7. The number of carbonyl (C=O) groups excluding carboxylic acids is 1. The van der Waals surface area contributed by atoms with Gasteiger partial charge in [0, 0.05) is 18.5 Å². The van der Waals surface area contributed by atoms with E-state index in [2.05, 4.69) is 5.32 Å². The molecule has 0 aromatic carbocycles. The van der Waals surface area contributed by atoms with Crippen molar-refractivity contribution in [2.75, 3.05) is 19.7 Å². The fourth-order valence-electron chi connectivity index (χ4n) is 0.954. The summed E-state index contributed by atoms with van der Waals surface area (Å²) in [5.74, 6) is -2.53. The smallest absolute Gasteiger partial charge is 0.305 e. The number of carboxylic acid groups (broad SMARTS) is 2. The lowest BCUT2D eigenvalue weighted by atomic mass is 9.87. The van der Waals surface area contributed by atoms with E-state index in [1.165, 1.54) is 13.8 Å². The molecule has 0 saturated heterocycles. The van der Waals surface area contributed by atoms with Gasteiger partial charge in [0.2, 0.25) is 5.91 Å². The number of aliphatic carboxylic acids is 2. The number of nitrogens with one attached hydrogen (secondary N) is 1. The first-order valence-corrected chi connectivity index (χ1v) is 6.28. The van der Waals surface area contributed by atoms with Crippen LogP contribution >= 0.6 is 0 Å². The largest absolute Gasteiger partial charge is 0.481 e. The number of aliphatic hydroxyl groups excluding tert-OH is 2. The van der Waals surface area contributed by atoms with Crippen LogP contribution in [-0.2, 0) is 14.4 Å². The Bertz CT molecular complexity index is 344. The standard InChI is InChI=1S/C9H17NO5.C3H7NO2/c1-9(2,5-11)7(14)8(15)10-4-3-6(12)13;4-2-1-3(5)6/h7,11,14H,3-5H2,1-2H3,(H,10,15)(H,12,13);1-2,4H2,(H,5,6)/t7-;/m0./s1. The van der Waals surface area contributed by atoms with E-state index in [1.807, 2.05) is 0 Å². The fourth-order valence-corrected chi connectivity index (χ4v) is 0.954. The number of nitrogens with two attached hydrogens (primary N) is 1. The maximum atomic E-state index is 11.3. The van der Waals surface area contributed by atoms with Gasteiger partial charge in [-0.05, 0) is 0 Å². The van der Waals surface area contributed by atoms with Gasteiger partial charge in [-0.1, -0.05) is 13.8 Å². The normalized spacial score (nSPS) is 11.9. The zero-order chi connectivity index (χ0) is 17.1. The van der Waals surface area contributed by atoms with Crippen LogP contribution in [0.5, 0.6) is 0 Å². The number of hydrogen-bond donors (Lipinski definition) is 6. The Morgan fingerprint density at radius 3 is 1.90 bits per heavy atom. The molecule has 0 spiro atoms. The van der Waals surface area contributed by atoms with Crippen molar-refractivity contribution >= 4 is 17.8 Å². The minimum absolute atomic E-state index is 0.0350. The molecule has 124 valence electrons. The molecule has 0 aliphatic carbocycles. The highest BCUT2D eigenvalue weighted by Gasteiger charge is 2.32. The maximum Gasteiger partial charge on any atom is 0.305 e. The Labute approximate surface area is 122 Å². The molecule has 0 heterocycles. The molecule has 7 N–H and O–H groups in total. The Morgan fingerprint density at radius 1 is 1.14 bits per heavy atom. The van der Waals surface area contributed by atoms with E-state index in [4.69, 9.17) is 21.1 Å². The van der Waals surface area contributed by atoms with E-state index in [9.17, 15) is 19.5 Å². The van der Waals surface area contributed by atoms with Gasteiger partial charge < -0.3 is 31.5 Å². The summed E-state index contributed by atoms with van der Waals surface area (Å²) in [6.07, 6.45) is -1.48. The van der Waals surface area contributed by atoms with E-state index in [1.54, 1.807) is 0 Å². The third-order valence-electron chi connectivity index (χ3n) is 2.39. The van der Waals surface area contributed by atoms with Crippen molar-refractivity contribution in [1.82, 2.24) is 5.32 Å². The summed E-state index contributed by atoms with van der Waals surface area (Å²) >= 11 is 0. The van der Waals surface area contributed by atoms with Crippen LogP contribution in [0, 0.1) is 5.41 Å². The molecule has 9 heteroatoms. The van der Waals surface area contributed by atoms with Gasteiger partial charge in [0.25, 0.3) is 0 Å². The molecule has 1 atom stereocenters. The highest BCUT2D eigenvalue weighted by Crippen LogP contribution is 2.19. The maximum absolute atomic E-state index is 11.3. The summed E-state index contributed by atoms with van der Waals surface area (Å²) in [6, 6.07) is 0. The van der Waals surface area contributed by atoms with Gasteiger partial charge in [-0.25, -0.2) is 0 Å². The monoisotopic (exact) mass is 308 g/mol. The van der Waals surface area contributed by atoms with Crippen molar-refractivity contribution in [2.45, 2.75) is 32.8 Å².